The minimum atomic E-state index is -0.203. The lowest BCUT2D eigenvalue weighted by Gasteiger charge is -2.26. The van der Waals surface area contributed by atoms with Gasteiger partial charge in [-0.1, -0.05) is 12.1 Å². The molecule has 2 aromatic carbocycles. The third-order valence-corrected chi connectivity index (χ3v) is 4.20. The normalized spacial score (nSPS) is 10.9. The molecule has 0 spiro atoms. The maximum atomic E-state index is 12.9. The van der Waals surface area contributed by atoms with Crippen LogP contribution in [0.15, 0.2) is 53.3 Å². The molecule has 0 radical (unpaired) electrons. The van der Waals surface area contributed by atoms with E-state index in [2.05, 4.69) is 9.97 Å². The summed E-state index contributed by atoms with van der Waals surface area (Å²) < 4.78 is 5.13. The van der Waals surface area contributed by atoms with Gasteiger partial charge >= 0.3 is 0 Å². The zero-order chi connectivity index (χ0) is 18.7. The number of ether oxygens (including phenoxy) is 1. The molecule has 0 unspecified atom stereocenters. The average molecular weight is 351 g/mol. The van der Waals surface area contributed by atoms with Gasteiger partial charge < -0.3 is 14.6 Å². The van der Waals surface area contributed by atoms with Crippen molar-refractivity contribution in [2.45, 2.75) is 26.4 Å². The smallest absolute Gasteiger partial charge is 0.258 e. The van der Waals surface area contributed by atoms with Gasteiger partial charge in [0, 0.05) is 11.6 Å². The number of rotatable bonds is 5. The van der Waals surface area contributed by atoms with E-state index >= 15 is 0 Å². The summed E-state index contributed by atoms with van der Waals surface area (Å²) in [5.41, 5.74) is 0.973. The molecular formula is C20H21N3O3. The Morgan fingerprint density at radius 1 is 1.15 bits per heavy atom. The standard InChI is InChI=1S/C20H21N3O3/c1-13(2)23(20(25)14-8-10-15(26-3)11-9-14)12-18-21-17-7-5-4-6-16(17)19(24)22-18/h4-11,13H,12H2,1-3H3,(H,21,22,24). The number of nitrogens with zero attached hydrogens (tertiary/aromatic N) is 2. The van der Waals surface area contributed by atoms with Crippen molar-refractivity contribution >= 4 is 16.8 Å². The van der Waals surface area contributed by atoms with Crippen LogP contribution < -0.4 is 10.3 Å². The van der Waals surface area contributed by atoms with Crippen LogP contribution in [0.5, 0.6) is 5.75 Å². The van der Waals surface area contributed by atoms with Crippen molar-refractivity contribution < 1.29 is 9.53 Å². The summed E-state index contributed by atoms with van der Waals surface area (Å²) in [5, 5.41) is 0.536. The van der Waals surface area contributed by atoms with Crippen LogP contribution in [0.4, 0.5) is 0 Å². The molecule has 0 saturated carbocycles. The second kappa shape index (κ2) is 7.39. The Balaban J connectivity index is 1.91. The van der Waals surface area contributed by atoms with Gasteiger partial charge in [0.05, 0.1) is 24.6 Å². The van der Waals surface area contributed by atoms with Crippen LogP contribution in [-0.2, 0) is 6.54 Å². The third kappa shape index (κ3) is 3.59. The molecule has 1 heterocycles. The van der Waals surface area contributed by atoms with E-state index in [0.29, 0.717) is 28.0 Å². The maximum Gasteiger partial charge on any atom is 0.258 e. The summed E-state index contributed by atoms with van der Waals surface area (Å²) in [6.07, 6.45) is 0. The van der Waals surface area contributed by atoms with Gasteiger partial charge in [-0.25, -0.2) is 4.98 Å². The monoisotopic (exact) mass is 351 g/mol. The summed E-state index contributed by atoms with van der Waals surface area (Å²) >= 11 is 0. The van der Waals surface area contributed by atoms with Crippen molar-refractivity contribution in [2.24, 2.45) is 0 Å². The molecule has 3 rings (SSSR count). The number of hydrogen-bond acceptors (Lipinski definition) is 4. The van der Waals surface area contributed by atoms with Gasteiger partial charge in [0.15, 0.2) is 0 Å². The van der Waals surface area contributed by atoms with Crippen LogP contribution in [0.25, 0.3) is 10.9 Å². The van der Waals surface area contributed by atoms with Gasteiger partial charge in [-0.3, -0.25) is 9.59 Å². The second-order valence-corrected chi connectivity index (χ2v) is 6.29. The third-order valence-electron chi connectivity index (χ3n) is 4.20. The second-order valence-electron chi connectivity index (χ2n) is 6.29. The molecule has 0 aliphatic rings. The highest BCUT2D eigenvalue weighted by Gasteiger charge is 2.20. The first-order valence-corrected chi connectivity index (χ1v) is 8.42. The average Bonchev–Trinajstić information content (AvgIpc) is 2.65. The van der Waals surface area contributed by atoms with Gasteiger partial charge in [-0.15, -0.1) is 0 Å². The molecule has 0 aliphatic heterocycles. The van der Waals surface area contributed by atoms with Crippen LogP contribution in [0.3, 0.4) is 0 Å². The minimum Gasteiger partial charge on any atom is -0.497 e. The lowest BCUT2D eigenvalue weighted by atomic mass is 10.1. The van der Waals surface area contributed by atoms with E-state index in [-0.39, 0.29) is 24.1 Å². The van der Waals surface area contributed by atoms with Crippen molar-refractivity contribution in [3.63, 3.8) is 0 Å². The molecule has 0 aliphatic carbocycles. The predicted molar refractivity (Wildman–Crippen MR) is 100 cm³/mol. The zero-order valence-corrected chi connectivity index (χ0v) is 15.0. The fourth-order valence-electron chi connectivity index (χ4n) is 2.76. The highest BCUT2D eigenvalue weighted by molar-refractivity contribution is 5.94. The topological polar surface area (TPSA) is 75.3 Å². The molecule has 1 aromatic heterocycles. The van der Waals surface area contributed by atoms with E-state index in [1.165, 1.54) is 0 Å². The Kier molecular flexibility index (Phi) is 5.02. The Hall–Kier alpha value is -3.15. The first kappa shape index (κ1) is 17.7. The number of aromatic amines is 1. The van der Waals surface area contributed by atoms with Gasteiger partial charge in [0.1, 0.15) is 11.6 Å². The minimum absolute atomic E-state index is 0.0543. The van der Waals surface area contributed by atoms with Gasteiger partial charge in [0.25, 0.3) is 11.5 Å². The number of amides is 1. The molecule has 0 fully saturated rings. The zero-order valence-electron chi connectivity index (χ0n) is 15.0. The summed E-state index contributed by atoms with van der Waals surface area (Å²) in [6.45, 7) is 4.09. The van der Waals surface area contributed by atoms with E-state index in [1.807, 2.05) is 19.9 Å². The highest BCUT2D eigenvalue weighted by Crippen LogP contribution is 2.16. The Bertz CT molecular complexity index is 978. The summed E-state index contributed by atoms with van der Waals surface area (Å²) in [7, 11) is 1.58. The molecule has 1 amide bonds. The molecular weight excluding hydrogens is 330 g/mol. The van der Waals surface area contributed by atoms with E-state index < -0.39 is 0 Å². The van der Waals surface area contributed by atoms with Crippen molar-refractivity contribution in [1.82, 2.24) is 14.9 Å². The molecule has 3 aromatic rings. The van der Waals surface area contributed by atoms with Crippen molar-refractivity contribution in [3.05, 3.63) is 70.3 Å². The first-order chi connectivity index (χ1) is 12.5. The maximum absolute atomic E-state index is 12.9. The Morgan fingerprint density at radius 3 is 2.50 bits per heavy atom. The van der Waals surface area contributed by atoms with E-state index in [1.54, 1.807) is 54.5 Å². The fourth-order valence-corrected chi connectivity index (χ4v) is 2.76. The van der Waals surface area contributed by atoms with Crippen molar-refractivity contribution in [2.75, 3.05) is 7.11 Å². The number of aromatic nitrogens is 2. The van der Waals surface area contributed by atoms with Crippen LogP contribution in [0, 0.1) is 0 Å². The predicted octanol–water partition coefficient (Wildman–Crippen LogP) is 2.98. The molecule has 0 bridgehead atoms. The van der Waals surface area contributed by atoms with Gasteiger partial charge in [0.2, 0.25) is 0 Å². The molecule has 6 nitrogen and oxygen atoms in total. The number of carbonyl (C=O) groups excluding carboxylic acids is 1. The number of methoxy groups -OCH3 is 1. The highest BCUT2D eigenvalue weighted by atomic mass is 16.5. The number of benzene rings is 2. The lowest BCUT2D eigenvalue weighted by Crippen LogP contribution is -2.37. The first-order valence-electron chi connectivity index (χ1n) is 8.42. The largest absolute Gasteiger partial charge is 0.497 e. The number of carbonyl (C=O) groups is 1. The Labute approximate surface area is 151 Å². The van der Waals surface area contributed by atoms with Crippen LogP contribution in [0.2, 0.25) is 0 Å². The van der Waals surface area contributed by atoms with Gasteiger partial charge in [-0.05, 0) is 50.2 Å². The SMILES string of the molecule is COc1ccc(C(=O)N(Cc2nc3ccccc3c(=O)[nH]2)C(C)C)cc1. The molecule has 1 N–H and O–H groups in total. The van der Waals surface area contributed by atoms with E-state index in [0.717, 1.165) is 0 Å². The van der Waals surface area contributed by atoms with Crippen molar-refractivity contribution in [1.29, 1.82) is 0 Å². The summed E-state index contributed by atoms with van der Waals surface area (Å²) in [6, 6.07) is 14.1. The van der Waals surface area contributed by atoms with Crippen LogP contribution in [-0.4, -0.2) is 33.9 Å². The molecule has 0 atom stereocenters. The lowest BCUT2D eigenvalue weighted by molar-refractivity contribution is 0.0685. The quantitative estimate of drug-likeness (QED) is 0.767. The fraction of sp³-hybridized carbons (Fsp3) is 0.250. The number of H-pyrrole nitrogens is 1. The molecule has 0 saturated heterocycles. The number of nitrogens with one attached hydrogen (secondary N) is 1. The van der Waals surface area contributed by atoms with Crippen LogP contribution >= 0.6 is 0 Å². The molecule has 26 heavy (non-hydrogen) atoms. The Morgan fingerprint density at radius 2 is 1.85 bits per heavy atom. The van der Waals surface area contributed by atoms with E-state index in [9.17, 15) is 9.59 Å². The number of fused-ring (bicyclic) bond motifs is 1. The number of para-hydroxylation sites is 1. The van der Waals surface area contributed by atoms with Gasteiger partial charge in [-0.2, -0.15) is 0 Å². The molecule has 134 valence electrons. The molecule has 6 heteroatoms. The summed E-state index contributed by atoms with van der Waals surface area (Å²) in [5.74, 6) is 1.03. The van der Waals surface area contributed by atoms with Crippen LogP contribution in [0.1, 0.15) is 30.0 Å². The van der Waals surface area contributed by atoms with E-state index in [4.69, 9.17) is 4.74 Å². The summed E-state index contributed by atoms with van der Waals surface area (Å²) in [4.78, 5) is 34.1. The van der Waals surface area contributed by atoms with Crippen molar-refractivity contribution in [3.8, 4) is 5.75 Å². The number of hydrogen-bond donors (Lipinski definition) is 1.